The molecular weight excluding hydrogens is 268 g/mol. The van der Waals surface area contributed by atoms with E-state index in [9.17, 15) is 4.79 Å². The molecule has 1 aliphatic carbocycles. The Kier molecular flexibility index (Phi) is 5.67. The number of carbonyl (C=O) groups is 1. The molecule has 0 spiro atoms. The standard InChI is InChI=1S/C14H21ClO4/c1-10(15)13(11-5-3-2-4-6-11)14(16)19-12-9-17-7-8-18-12/h11-13H,1-9H2. The summed E-state index contributed by atoms with van der Waals surface area (Å²) in [5.41, 5.74) is 0. The zero-order valence-corrected chi connectivity index (χ0v) is 11.9. The van der Waals surface area contributed by atoms with Gasteiger partial charge in [0.05, 0.1) is 19.1 Å². The second-order valence-corrected chi connectivity index (χ2v) is 5.62. The van der Waals surface area contributed by atoms with Crippen molar-refractivity contribution in [3.05, 3.63) is 11.6 Å². The molecular formula is C14H21ClO4. The van der Waals surface area contributed by atoms with Crippen LogP contribution in [0.25, 0.3) is 0 Å². The Balaban J connectivity index is 1.93. The average molecular weight is 289 g/mol. The quantitative estimate of drug-likeness (QED) is 0.746. The Bertz CT molecular complexity index is 319. The van der Waals surface area contributed by atoms with E-state index in [-0.39, 0.29) is 18.5 Å². The fourth-order valence-electron chi connectivity index (χ4n) is 2.78. The van der Waals surface area contributed by atoms with Crippen LogP contribution in [0.2, 0.25) is 0 Å². The van der Waals surface area contributed by atoms with Crippen molar-refractivity contribution < 1.29 is 19.0 Å². The van der Waals surface area contributed by atoms with Gasteiger partial charge in [-0.1, -0.05) is 37.4 Å². The van der Waals surface area contributed by atoms with Crippen LogP contribution >= 0.6 is 11.6 Å². The molecule has 0 aromatic carbocycles. The van der Waals surface area contributed by atoms with Gasteiger partial charge in [-0.3, -0.25) is 4.79 Å². The van der Waals surface area contributed by atoms with Crippen molar-refractivity contribution >= 4 is 17.6 Å². The van der Waals surface area contributed by atoms with Gasteiger partial charge in [-0.25, -0.2) is 0 Å². The van der Waals surface area contributed by atoms with Crippen LogP contribution < -0.4 is 0 Å². The minimum absolute atomic E-state index is 0.246. The van der Waals surface area contributed by atoms with Crippen LogP contribution in [0.15, 0.2) is 11.6 Å². The summed E-state index contributed by atoms with van der Waals surface area (Å²) in [5, 5.41) is 0.369. The summed E-state index contributed by atoms with van der Waals surface area (Å²) in [6.45, 7) is 5.02. The lowest BCUT2D eigenvalue weighted by molar-refractivity contribution is -0.217. The number of esters is 1. The fraction of sp³-hybridized carbons (Fsp3) is 0.786. The van der Waals surface area contributed by atoms with Gasteiger partial charge in [0, 0.05) is 5.03 Å². The SMILES string of the molecule is C=C(Cl)C(C(=O)OC1COCCO1)C1CCCCC1. The highest BCUT2D eigenvalue weighted by Crippen LogP contribution is 2.35. The molecule has 108 valence electrons. The average Bonchev–Trinajstić information content (AvgIpc) is 2.40. The van der Waals surface area contributed by atoms with Crippen molar-refractivity contribution in [2.75, 3.05) is 19.8 Å². The monoisotopic (exact) mass is 288 g/mol. The maximum Gasteiger partial charge on any atom is 0.316 e. The van der Waals surface area contributed by atoms with Crippen LogP contribution in [0.4, 0.5) is 0 Å². The molecule has 5 heteroatoms. The molecule has 0 aromatic heterocycles. The van der Waals surface area contributed by atoms with Gasteiger partial charge in [0.15, 0.2) is 0 Å². The van der Waals surface area contributed by atoms with E-state index >= 15 is 0 Å². The van der Waals surface area contributed by atoms with Gasteiger partial charge in [-0.05, 0) is 18.8 Å². The molecule has 1 saturated carbocycles. The van der Waals surface area contributed by atoms with Crippen LogP contribution in [-0.4, -0.2) is 32.1 Å². The highest BCUT2D eigenvalue weighted by Gasteiger charge is 2.34. The van der Waals surface area contributed by atoms with E-state index in [4.69, 9.17) is 25.8 Å². The summed E-state index contributed by atoms with van der Waals surface area (Å²) >= 11 is 6.02. The summed E-state index contributed by atoms with van der Waals surface area (Å²) in [4.78, 5) is 12.2. The molecule has 19 heavy (non-hydrogen) atoms. The summed E-state index contributed by atoms with van der Waals surface area (Å²) in [6, 6.07) is 0. The molecule has 0 aromatic rings. The third kappa shape index (κ3) is 4.20. The highest BCUT2D eigenvalue weighted by molar-refractivity contribution is 6.30. The van der Waals surface area contributed by atoms with E-state index in [1.807, 2.05) is 0 Å². The third-order valence-corrected chi connectivity index (χ3v) is 3.98. The van der Waals surface area contributed by atoms with Crippen LogP contribution in [0.5, 0.6) is 0 Å². The maximum absolute atomic E-state index is 12.2. The van der Waals surface area contributed by atoms with Gasteiger partial charge in [-0.15, -0.1) is 0 Å². The lowest BCUT2D eigenvalue weighted by Crippen LogP contribution is -2.37. The van der Waals surface area contributed by atoms with Crippen molar-refractivity contribution in [1.29, 1.82) is 0 Å². The van der Waals surface area contributed by atoms with Gasteiger partial charge in [0.25, 0.3) is 0 Å². The minimum atomic E-state index is -0.608. The van der Waals surface area contributed by atoms with E-state index in [0.29, 0.717) is 18.2 Å². The molecule has 2 aliphatic rings. The molecule has 2 atom stereocenters. The van der Waals surface area contributed by atoms with Crippen molar-refractivity contribution in [3.8, 4) is 0 Å². The van der Waals surface area contributed by atoms with E-state index in [2.05, 4.69) is 6.58 Å². The summed E-state index contributed by atoms with van der Waals surface area (Å²) < 4.78 is 15.9. The summed E-state index contributed by atoms with van der Waals surface area (Å²) in [7, 11) is 0. The van der Waals surface area contributed by atoms with Crippen molar-refractivity contribution in [3.63, 3.8) is 0 Å². The number of hydrogen-bond donors (Lipinski definition) is 0. The van der Waals surface area contributed by atoms with Crippen molar-refractivity contribution in [1.82, 2.24) is 0 Å². The first kappa shape index (κ1) is 14.8. The van der Waals surface area contributed by atoms with Gasteiger partial charge in [0.2, 0.25) is 6.29 Å². The summed E-state index contributed by atoms with van der Waals surface area (Å²) in [6.07, 6.45) is 4.92. The molecule has 0 N–H and O–H groups in total. The van der Waals surface area contributed by atoms with Crippen LogP contribution in [0.3, 0.4) is 0 Å². The molecule has 0 bridgehead atoms. The maximum atomic E-state index is 12.2. The first-order valence-corrected chi connectivity index (χ1v) is 7.30. The minimum Gasteiger partial charge on any atom is -0.433 e. The zero-order chi connectivity index (χ0) is 13.7. The molecule has 0 amide bonds. The molecule has 1 aliphatic heterocycles. The fourth-order valence-corrected chi connectivity index (χ4v) is 3.05. The van der Waals surface area contributed by atoms with Gasteiger partial charge in [-0.2, -0.15) is 0 Å². The predicted molar refractivity (Wildman–Crippen MR) is 71.7 cm³/mol. The molecule has 1 heterocycles. The van der Waals surface area contributed by atoms with Crippen molar-refractivity contribution in [2.45, 2.75) is 38.4 Å². The molecule has 2 rings (SSSR count). The van der Waals surface area contributed by atoms with E-state index in [1.165, 1.54) is 6.42 Å². The molecule has 1 saturated heterocycles. The third-order valence-electron chi connectivity index (χ3n) is 3.75. The smallest absolute Gasteiger partial charge is 0.316 e. The Morgan fingerprint density at radius 2 is 2.00 bits per heavy atom. The van der Waals surface area contributed by atoms with E-state index in [1.54, 1.807) is 0 Å². The Hall–Kier alpha value is -0.580. The number of hydrogen-bond acceptors (Lipinski definition) is 4. The number of ether oxygens (including phenoxy) is 3. The molecule has 2 unspecified atom stereocenters. The van der Waals surface area contributed by atoms with E-state index in [0.717, 1.165) is 25.7 Å². The normalized spacial score (nSPS) is 26.7. The van der Waals surface area contributed by atoms with E-state index < -0.39 is 12.2 Å². The van der Waals surface area contributed by atoms with Gasteiger partial charge >= 0.3 is 5.97 Å². The Labute approximate surface area is 119 Å². The number of rotatable bonds is 4. The number of halogens is 1. The van der Waals surface area contributed by atoms with Crippen molar-refractivity contribution in [2.24, 2.45) is 11.8 Å². The van der Waals surface area contributed by atoms with Crippen LogP contribution in [0.1, 0.15) is 32.1 Å². The second-order valence-electron chi connectivity index (χ2n) is 5.13. The van der Waals surface area contributed by atoms with Gasteiger partial charge < -0.3 is 14.2 Å². The van der Waals surface area contributed by atoms with Crippen LogP contribution in [0, 0.1) is 11.8 Å². The largest absolute Gasteiger partial charge is 0.433 e. The topological polar surface area (TPSA) is 44.8 Å². The molecule has 4 nitrogen and oxygen atoms in total. The van der Waals surface area contributed by atoms with Gasteiger partial charge in [0.1, 0.15) is 6.61 Å². The Morgan fingerprint density at radius 1 is 1.26 bits per heavy atom. The highest BCUT2D eigenvalue weighted by atomic mass is 35.5. The molecule has 2 fully saturated rings. The zero-order valence-electron chi connectivity index (χ0n) is 11.1. The lowest BCUT2D eigenvalue weighted by Gasteiger charge is -2.30. The predicted octanol–water partition coefficient (Wildman–Crippen LogP) is 2.85. The second kappa shape index (κ2) is 7.27. The lowest BCUT2D eigenvalue weighted by atomic mass is 9.80. The first-order chi connectivity index (χ1) is 9.18. The Morgan fingerprint density at radius 3 is 2.58 bits per heavy atom. The first-order valence-electron chi connectivity index (χ1n) is 6.92. The number of carbonyl (C=O) groups excluding carboxylic acids is 1. The summed E-state index contributed by atoms with van der Waals surface area (Å²) in [5.74, 6) is -0.509. The van der Waals surface area contributed by atoms with Crippen LogP contribution in [-0.2, 0) is 19.0 Å². The molecule has 0 radical (unpaired) electrons.